The molecule has 188 valence electrons. The second kappa shape index (κ2) is 10.2. The largest absolute Gasteiger partial charge is 0.494 e. The fraction of sp³-hybridized carbons (Fsp3) is 0.440. The molecule has 2 fully saturated rings. The van der Waals surface area contributed by atoms with Crippen molar-refractivity contribution in [1.29, 1.82) is 5.26 Å². The summed E-state index contributed by atoms with van der Waals surface area (Å²) in [6.45, 7) is 6.34. The molecule has 0 aliphatic carbocycles. The summed E-state index contributed by atoms with van der Waals surface area (Å²) < 4.78 is 22.9. The van der Waals surface area contributed by atoms with Gasteiger partial charge >= 0.3 is 0 Å². The molecule has 1 atom stereocenters. The third kappa shape index (κ3) is 4.54. The second-order valence-corrected chi connectivity index (χ2v) is 10.6. The predicted molar refractivity (Wildman–Crippen MR) is 135 cm³/mol. The summed E-state index contributed by atoms with van der Waals surface area (Å²) in [7, 11) is 0.426. The monoisotopic (exact) mass is 507 g/mol. The van der Waals surface area contributed by atoms with Gasteiger partial charge in [-0.05, 0) is 31.7 Å². The number of carbonyl (C=O) groups is 1. The number of rotatable bonds is 6. The molecule has 0 bridgehead atoms. The number of carbonyl (C=O) groups excluding carboxylic acids is 1. The molecule has 5 rings (SSSR count). The first kappa shape index (κ1) is 24.2. The Hall–Kier alpha value is -3.49. The van der Waals surface area contributed by atoms with Crippen LogP contribution in [0.15, 0.2) is 42.8 Å². The number of pyridine rings is 1. The van der Waals surface area contributed by atoms with Crippen molar-refractivity contribution < 1.29 is 13.7 Å². The topological polar surface area (TPSA) is 109 Å². The van der Waals surface area contributed by atoms with Crippen LogP contribution in [-0.2, 0) is 15.8 Å². The van der Waals surface area contributed by atoms with Crippen molar-refractivity contribution >= 4 is 22.4 Å². The number of methoxy groups -OCH3 is 1. The Balaban J connectivity index is 1.22. The highest BCUT2D eigenvalue weighted by Crippen LogP contribution is 2.31. The molecule has 1 amide bonds. The van der Waals surface area contributed by atoms with Gasteiger partial charge < -0.3 is 9.64 Å². The third-order valence-electron chi connectivity index (χ3n) is 7.20. The number of likely N-dealkylation sites (tertiary alicyclic amines) is 1. The molecule has 2 saturated heterocycles. The summed E-state index contributed by atoms with van der Waals surface area (Å²) in [5, 5.41) is 19.7. The van der Waals surface area contributed by atoms with Crippen molar-refractivity contribution in [3.63, 3.8) is 0 Å². The third-order valence-corrected chi connectivity index (χ3v) is 8.36. The Labute approximate surface area is 212 Å². The maximum absolute atomic E-state index is 13.1. The minimum absolute atomic E-state index is 0.00432. The van der Waals surface area contributed by atoms with Crippen LogP contribution in [0.3, 0.4) is 0 Å². The molecule has 5 heterocycles. The number of ether oxygens (including phenoxy) is 1. The zero-order chi connectivity index (χ0) is 25.2. The van der Waals surface area contributed by atoms with Crippen LogP contribution in [0.25, 0.3) is 16.6 Å². The first-order valence-corrected chi connectivity index (χ1v) is 13.3. The average Bonchev–Trinajstić information content (AvgIpc) is 3.59. The maximum atomic E-state index is 13.1. The average molecular weight is 508 g/mol. The summed E-state index contributed by atoms with van der Waals surface area (Å²) in [4.78, 5) is 15.1. The van der Waals surface area contributed by atoms with Gasteiger partial charge in [0, 0.05) is 61.0 Å². The molecule has 0 N–H and O–H groups in total. The van der Waals surface area contributed by atoms with Gasteiger partial charge in [0.05, 0.1) is 25.5 Å². The van der Waals surface area contributed by atoms with Crippen LogP contribution in [-0.4, -0.2) is 72.0 Å². The van der Waals surface area contributed by atoms with Crippen molar-refractivity contribution in [2.45, 2.75) is 31.7 Å². The molecule has 3 aromatic rings. The molecule has 0 aromatic carbocycles. The molecule has 0 saturated carbocycles. The van der Waals surface area contributed by atoms with Gasteiger partial charge in [0.1, 0.15) is 33.9 Å². The second-order valence-electron chi connectivity index (χ2n) is 9.17. The lowest BCUT2D eigenvalue weighted by atomic mass is 9.95. The van der Waals surface area contributed by atoms with Crippen LogP contribution in [0, 0.1) is 17.2 Å². The first-order chi connectivity index (χ1) is 17.5. The molecule has 2 aliphatic rings. The SMILES string of the molecule is C=CS(=O)N1CCC(C(=O)N2CCC(n3cc(-c4cc(OC)c5c(C#N)cnn5c4)cn3)CC2)CC1. The van der Waals surface area contributed by atoms with Crippen LogP contribution >= 0.6 is 0 Å². The molecule has 11 heteroatoms. The Bertz CT molecular complexity index is 1340. The van der Waals surface area contributed by atoms with Crippen LogP contribution < -0.4 is 4.74 Å². The van der Waals surface area contributed by atoms with E-state index in [1.54, 1.807) is 11.6 Å². The molecule has 1 unspecified atom stereocenters. The highest BCUT2D eigenvalue weighted by molar-refractivity contribution is 7.85. The van der Waals surface area contributed by atoms with E-state index in [1.807, 2.05) is 38.5 Å². The number of hydrogen-bond acceptors (Lipinski definition) is 6. The minimum atomic E-state index is -1.15. The highest BCUT2D eigenvalue weighted by atomic mass is 32.2. The zero-order valence-corrected chi connectivity index (χ0v) is 21.1. The van der Waals surface area contributed by atoms with Crippen molar-refractivity contribution in [3.8, 4) is 22.9 Å². The number of nitriles is 1. The number of aromatic nitrogens is 4. The number of amides is 1. The van der Waals surface area contributed by atoms with Gasteiger partial charge in [-0.2, -0.15) is 15.5 Å². The van der Waals surface area contributed by atoms with E-state index in [-0.39, 0.29) is 17.9 Å². The van der Waals surface area contributed by atoms with Gasteiger partial charge in [-0.3, -0.25) is 9.48 Å². The van der Waals surface area contributed by atoms with Crippen molar-refractivity contribution in [1.82, 2.24) is 28.6 Å². The van der Waals surface area contributed by atoms with Gasteiger partial charge in [0.2, 0.25) is 5.91 Å². The molecule has 10 nitrogen and oxygen atoms in total. The van der Waals surface area contributed by atoms with E-state index in [0.717, 1.165) is 36.8 Å². The Kier molecular flexibility index (Phi) is 6.89. The zero-order valence-electron chi connectivity index (χ0n) is 20.2. The number of hydrogen-bond donors (Lipinski definition) is 0. The first-order valence-electron chi connectivity index (χ1n) is 12.1. The number of fused-ring (bicyclic) bond motifs is 1. The summed E-state index contributed by atoms with van der Waals surface area (Å²) >= 11 is 0. The molecular weight excluding hydrogens is 478 g/mol. The summed E-state index contributed by atoms with van der Waals surface area (Å²) in [6.07, 6.45) is 10.4. The molecule has 2 aliphatic heterocycles. The number of nitrogens with zero attached hydrogens (tertiary/aromatic N) is 7. The van der Waals surface area contributed by atoms with E-state index >= 15 is 0 Å². The van der Waals surface area contributed by atoms with Crippen LogP contribution in [0.1, 0.15) is 37.3 Å². The van der Waals surface area contributed by atoms with Crippen molar-refractivity contribution in [2.75, 3.05) is 33.3 Å². The molecule has 3 aromatic heterocycles. The van der Waals surface area contributed by atoms with E-state index in [9.17, 15) is 14.3 Å². The molecule has 0 spiro atoms. The lowest BCUT2D eigenvalue weighted by Crippen LogP contribution is -2.45. The standard InChI is InChI=1S/C25H29N7O3S/c1-3-36(34)30-10-4-18(5-11-30)25(33)29-8-6-22(7-9-29)31-17-21(15-27-31)19-12-23(35-2)24-20(13-26)14-28-32(24)16-19/h3,12,14-18,22H,1,4-11H2,2H3. The predicted octanol–water partition coefficient (Wildman–Crippen LogP) is 2.76. The minimum Gasteiger partial charge on any atom is -0.494 e. The summed E-state index contributed by atoms with van der Waals surface area (Å²) in [6, 6.07) is 4.27. The van der Waals surface area contributed by atoms with Crippen LogP contribution in [0.4, 0.5) is 0 Å². The maximum Gasteiger partial charge on any atom is 0.225 e. The highest BCUT2D eigenvalue weighted by Gasteiger charge is 2.32. The lowest BCUT2D eigenvalue weighted by molar-refractivity contribution is -0.138. The quantitative estimate of drug-likeness (QED) is 0.508. The van der Waals surface area contributed by atoms with Gasteiger partial charge in [-0.15, -0.1) is 0 Å². The fourth-order valence-electron chi connectivity index (χ4n) is 5.16. The molecular formula is C25H29N7O3S. The van der Waals surface area contributed by atoms with E-state index in [1.165, 1.54) is 11.6 Å². The van der Waals surface area contributed by atoms with E-state index in [0.29, 0.717) is 43.0 Å². The van der Waals surface area contributed by atoms with E-state index in [4.69, 9.17) is 4.74 Å². The van der Waals surface area contributed by atoms with Crippen LogP contribution in [0.5, 0.6) is 5.75 Å². The normalized spacial score (nSPS) is 18.7. The van der Waals surface area contributed by atoms with Crippen molar-refractivity contribution in [3.05, 3.63) is 48.4 Å². The lowest BCUT2D eigenvalue weighted by Gasteiger charge is -2.36. The van der Waals surface area contributed by atoms with Gasteiger partial charge in [-0.25, -0.2) is 13.0 Å². The molecule has 36 heavy (non-hydrogen) atoms. The Morgan fingerprint density at radius 1 is 1.14 bits per heavy atom. The Morgan fingerprint density at radius 3 is 2.56 bits per heavy atom. The van der Waals surface area contributed by atoms with Gasteiger partial charge in [-0.1, -0.05) is 6.58 Å². The smallest absolute Gasteiger partial charge is 0.225 e. The summed E-state index contributed by atoms with van der Waals surface area (Å²) in [5.41, 5.74) is 2.95. The fourth-order valence-corrected chi connectivity index (χ4v) is 5.95. The number of piperidine rings is 2. The molecule has 0 radical (unpaired) electrons. The van der Waals surface area contributed by atoms with Gasteiger partial charge in [0.15, 0.2) is 0 Å². The van der Waals surface area contributed by atoms with Crippen molar-refractivity contribution in [2.24, 2.45) is 5.92 Å². The Morgan fingerprint density at radius 2 is 1.89 bits per heavy atom. The van der Waals surface area contributed by atoms with Gasteiger partial charge in [0.25, 0.3) is 0 Å². The van der Waals surface area contributed by atoms with E-state index < -0.39 is 11.0 Å². The summed E-state index contributed by atoms with van der Waals surface area (Å²) in [5.74, 6) is 0.808. The van der Waals surface area contributed by atoms with E-state index in [2.05, 4.69) is 22.8 Å². The van der Waals surface area contributed by atoms with Crippen LogP contribution in [0.2, 0.25) is 0 Å².